The molecule has 96 valence electrons. The molecule has 0 aliphatic heterocycles. The van der Waals surface area contributed by atoms with E-state index >= 15 is 0 Å². The molecule has 0 aliphatic carbocycles. The molecule has 0 unspecified atom stereocenters. The van der Waals surface area contributed by atoms with Crippen molar-refractivity contribution in [2.75, 3.05) is 0 Å². The van der Waals surface area contributed by atoms with Crippen molar-refractivity contribution in [3.8, 4) is 0 Å². The molecule has 0 atom stereocenters. The minimum Gasteiger partial charge on any atom is -0.326 e. The van der Waals surface area contributed by atoms with Crippen LogP contribution in [0.4, 0.5) is 4.39 Å². The van der Waals surface area contributed by atoms with Gasteiger partial charge in [-0.15, -0.1) is 0 Å². The summed E-state index contributed by atoms with van der Waals surface area (Å²) in [4.78, 5) is -0.473. The van der Waals surface area contributed by atoms with Gasteiger partial charge in [-0.25, -0.2) is 17.5 Å². The van der Waals surface area contributed by atoms with Gasteiger partial charge in [0, 0.05) is 23.2 Å². The monoisotopic (exact) mass is 280 g/mol. The molecule has 1 aromatic rings. The molecule has 0 aliphatic rings. The van der Waals surface area contributed by atoms with E-state index in [-0.39, 0.29) is 23.2 Å². The number of nitrogens with one attached hydrogen (secondary N) is 1. The molecule has 17 heavy (non-hydrogen) atoms. The van der Waals surface area contributed by atoms with Crippen LogP contribution in [0.25, 0.3) is 0 Å². The molecule has 7 heteroatoms. The summed E-state index contributed by atoms with van der Waals surface area (Å²) in [6.45, 7) is 3.17. The highest BCUT2D eigenvalue weighted by atomic mass is 35.5. The molecule has 0 saturated carbocycles. The van der Waals surface area contributed by atoms with E-state index in [0.29, 0.717) is 0 Å². The van der Waals surface area contributed by atoms with Gasteiger partial charge in [-0.3, -0.25) is 0 Å². The van der Waals surface area contributed by atoms with Crippen LogP contribution in [0.5, 0.6) is 0 Å². The van der Waals surface area contributed by atoms with Crippen molar-refractivity contribution >= 4 is 21.6 Å². The van der Waals surface area contributed by atoms with Gasteiger partial charge in [-0.05, 0) is 26.0 Å². The van der Waals surface area contributed by atoms with Gasteiger partial charge in [0.1, 0.15) is 10.7 Å². The standard InChI is InChI=1S/C10H14ClFN2O2S/c1-6(2)14-17(15,16)9-4-8(11)3-7(5-13)10(9)12/h3-4,6,14H,5,13H2,1-2H3. The molecule has 1 rings (SSSR count). The van der Waals surface area contributed by atoms with Crippen molar-refractivity contribution < 1.29 is 12.8 Å². The highest BCUT2D eigenvalue weighted by molar-refractivity contribution is 7.89. The molecular formula is C10H14ClFN2O2S. The Bertz CT molecular complexity index is 517. The third-order valence-corrected chi connectivity index (χ3v) is 3.86. The molecule has 0 fully saturated rings. The number of hydrogen-bond donors (Lipinski definition) is 2. The summed E-state index contributed by atoms with van der Waals surface area (Å²) in [5, 5.41) is 0.135. The van der Waals surface area contributed by atoms with Crippen molar-refractivity contribution in [3.63, 3.8) is 0 Å². The van der Waals surface area contributed by atoms with Crippen LogP contribution < -0.4 is 10.5 Å². The first-order valence-electron chi connectivity index (χ1n) is 4.98. The molecule has 3 N–H and O–H groups in total. The number of nitrogens with two attached hydrogens (primary N) is 1. The van der Waals surface area contributed by atoms with Crippen LogP contribution in [0, 0.1) is 5.82 Å². The van der Waals surface area contributed by atoms with Gasteiger partial charge in [0.05, 0.1) is 0 Å². The van der Waals surface area contributed by atoms with Crippen LogP contribution in [0.15, 0.2) is 17.0 Å². The minimum absolute atomic E-state index is 0.0710. The van der Waals surface area contributed by atoms with E-state index in [1.165, 1.54) is 6.07 Å². The Hall–Kier alpha value is -0.690. The van der Waals surface area contributed by atoms with Gasteiger partial charge in [0.15, 0.2) is 0 Å². The highest BCUT2D eigenvalue weighted by Crippen LogP contribution is 2.23. The maximum Gasteiger partial charge on any atom is 0.243 e. The second-order valence-corrected chi connectivity index (χ2v) is 5.98. The molecule has 0 heterocycles. The smallest absolute Gasteiger partial charge is 0.243 e. The Morgan fingerprint density at radius 3 is 2.53 bits per heavy atom. The van der Waals surface area contributed by atoms with E-state index in [1.54, 1.807) is 13.8 Å². The molecule has 4 nitrogen and oxygen atoms in total. The van der Waals surface area contributed by atoms with Gasteiger partial charge >= 0.3 is 0 Å². The second kappa shape index (κ2) is 5.30. The average Bonchev–Trinajstić information content (AvgIpc) is 2.18. The van der Waals surface area contributed by atoms with Crippen molar-refractivity contribution in [1.82, 2.24) is 4.72 Å². The number of halogens is 2. The fourth-order valence-corrected chi connectivity index (χ4v) is 3.04. The Morgan fingerprint density at radius 2 is 2.06 bits per heavy atom. The zero-order valence-electron chi connectivity index (χ0n) is 9.50. The van der Waals surface area contributed by atoms with Crippen LogP contribution in [0.1, 0.15) is 19.4 Å². The maximum absolute atomic E-state index is 13.8. The summed E-state index contributed by atoms with van der Waals surface area (Å²) >= 11 is 5.73. The van der Waals surface area contributed by atoms with E-state index in [4.69, 9.17) is 17.3 Å². The van der Waals surface area contributed by atoms with E-state index in [2.05, 4.69) is 4.72 Å². The summed E-state index contributed by atoms with van der Waals surface area (Å²) in [5.74, 6) is -0.856. The first-order valence-corrected chi connectivity index (χ1v) is 6.84. The number of sulfonamides is 1. The van der Waals surface area contributed by atoms with Crippen LogP contribution >= 0.6 is 11.6 Å². The Balaban J connectivity index is 3.36. The molecule has 0 radical (unpaired) electrons. The highest BCUT2D eigenvalue weighted by Gasteiger charge is 2.22. The lowest BCUT2D eigenvalue weighted by Gasteiger charge is -2.12. The molecule has 0 spiro atoms. The SMILES string of the molecule is CC(C)NS(=O)(=O)c1cc(Cl)cc(CN)c1F. The van der Waals surface area contributed by atoms with E-state index in [9.17, 15) is 12.8 Å². The number of rotatable bonds is 4. The number of benzene rings is 1. The van der Waals surface area contributed by atoms with Crippen molar-refractivity contribution in [3.05, 3.63) is 28.5 Å². The largest absolute Gasteiger partial charge is 0.326 e. The van der Waals surface area contributed by atoms with Gasteiger partial charge in [0.2, 0.25) is 10.0 Å². The van der Waals surface area contributed by atoms with Crippen LogP contribution in [0.2, 0.25) is 5.02 Å². The molecular weight excluding hydrogens is 267 g/mol. The second-order valence-electron chi connectivity index (χ2n) is 3.86. The lowest BCUT2D eigenvalue weighted by atomic mass is 10.2. The summed E-state index contributed by atoms with van der Waals surface area (Å²) in [5.41, 5.74) is 5.39. The first-order chi connectivity index (χ1) is 7.77. The Kier molecular flexibility index (Phi) is 4.48. The Morgan fingerprint density at radius 1 is 1.47 bits per heavy atom. The van der Waals surface area contributed by atoms with Crippen molar-refractivity contribution in [2.24, 2.45) is 5.73 Å². The Labute approximate surface area is 105 Å². The fourth-order valence-electron chi connectivity index (χ4n) is 1.34. The van der Waals surface area contributed by atoms with E-state index in [0.717, 1.165) is 6.07 Å². The normalized spacial score (nSPS) is 12.1. The van der Waals surface area contributed by atoms with Crippen LogP contribution in [-0.2, 0) is 16.6 Å². The van der Waals surface area contributed by atoms with Crippen LogP contribution in [0.3, 0.4) is 0 Å². The summed E-state index contributed by atoms with van der Waals surface area (Å²) < 4.78 is 39.8. The lowest BCUT2D eigenvalue weighted by molar-refractivity contribution is 0.543. The summed E-state index contributed by atoms with van der Waals surface area (Å²) in [6.07, 6.45) is 0. The lowest BCUT2D eigenvalue weighted by Crippen LogP contribution is -2.31. The van der Waals surface area contributed by atoms with Gasteiger partial charge < -0.3 is 5.73 Å². The predicted octanol–water partition coefficient (Wildman–Crippen LogP) is 1.62. The topological polar surface area (TPSA) is 72.2 Å². The molecule has 0 bridgehead atoms. The zero-order chi connectivity index (χ0) is 13.2. The molecule has 1 aromatic carbocycles. The van der Waals surface area contributed by atoms with Gasteiger partial charge in [-0.2, -0.15) is 0 Å². The molecule has 0 amide bonds. The maximum atomic E-state index is 13.8. The third kappa shape index (κ3) is 3.38. The predicted molar refractivity (Wildman–Crippen MR) is 64.8 cm³/mol. The van der Waals surface area contributed by atoms with Crippen LogP contribution in [-0.4, -0.2) is 14.5 Å². The zero-order valence-corrected chi connectivity index (χ0v) is 11.1. The molecule has 0 aromatic heterocycles. The first kappa shape index (κ1) is 14.4. The van der Waals surface area contributed by atoms with E-state index in [1.807, 2.05) is 0 Å². The van der Waals surface area contributed by atoms with Crippen molar-refractivity contribution in [1.29, 1.82) is 0 Å². The number of hydrogen-bond acceptors (Lipinski definition) is 3. The molecule has 0 saturated heterocycles. The summed E-state index contributed by atoms with van der Waals surface area (Å²) in [6, 6.07) is 2.05. The van der Waals surface area contributed by atoms with Gasteiger partial charge in [-0.1, -0.05) is 11.6 Å². The van der Waals surface area contributed by atoms with Gasteiger partial charge in [0.25, 0.3) is 0 Å². The summed E-state index contributed by atoms with van der Waals surface area (Å²) in [7, 11) is -3.91. The third-order valence-electron chi connectivity index (χ3n) is 1.98. The fraction of sp³-hybridized carbons (Fsp3) is 0.400. The minimum atomic E-state index is -3.91. The van der Waals surface area contributed by atoms with Crippen molar-refractivity contribution in [2.45, 2.75) is 31.3 Å². The average molecular weight is 281 g/mol. The van der Waals surface area contributed by atoms with E-state index < -0.39 is 20.7 Å². The quantitative estimate of drug-likeness (QED) is 0.880.